The molecule has 0 aliphatic heterocycles. The van der Waals surface area contributed by atoms with Crippen LogP contribution in [0.2, 0.25) is 5.02 Å². The van der Waals surface area contributed by atoms with E-state index in [9.17, 15) is 0 Å². The molecule has 0 saturated heterocycles. The molecule has 2 aromatic rings. The van der Waals surface area contributed by atoms with Crippen LogP contribution in [0.15, 0.2) is 28.0 Å². The summed E-state index contributed by atoms with van der Waals surface area (Å²) < 4.78 is 5.10. The van der Waals surface area contributed by atoms with Gasteiger partial charge >= 0.3 is 0 Å². The molecule has 0 fully saturated rings. The predicted molar refractivity (Wildman–Crippen MR) is 67.6 cm³/mol. The number of hydrogen-bond acceptors (Lipinski definition) is 6. The summed E-state index contributed by atoms with van der Waals surface area (Å²) in [4.78, 5) is 3.94. The Bertz CT molecular complexity index is 683. The first-order valence-electron chi connectivity index (χ1n) is 4.72. The lowest BCUT2D eigenvalue weighted by Crippen LogP contribution is -2.21. The Balaban J connectivity index is 2.34. The zero-order valence-corrected chi connectivity index (χ0v) is 9.69. The number of nitriles is 1. The van der Waals surface area contributed by atoms with Crippen LogP contribution in [0, 0.1) is 16.7 Å². The van der Waals surface area contributed by atoms with E-state index in [1.165, 1.54) is 6.39 Å². The van der Waals surface area contributed by atoms with Crippen molar-refractivity contribution in [2.75, 3.05) is 5.43 Å². The van der Waals surface area contributed by atoms with Gasteiger partial charge in [-0.25, -0.2) is 4.98 Å². The number of halogens is 1. The number of rotatable bonds is 3. The fraction of sp³-hybridized carbons (Fsp3) is 0. The van der Waals surface area contributed by atoms with Crippen LogP contribution in [-0.4, -0.2) is 16.5 Å². The number of nitrogens with one attached hydrogen (secondary N) is 2. The van der Waals surface area contributed by atoms with E-state index in [0.29, 0.717) is 21.8 Å². The molecule has 0 amide bonds. The van der Waals surface area contributed by atoms with Crippen molar-refractivity contribution in [3.63, 3.8) is 0 Å². The van der Waals surface area contributed by atoms with Crippen LogP contribution in [-0.2, 0) is 0 Å². The molecular formula is C10H7ClN6O. The van der Waals surface area contributed by atoms with Gasteiger partial charge in [0, 0.05) is 6.07 Å². The third-order valence-corrected chi connectivity index (χ3v) is 2.38. The summed E-state index contributed by atoms with van der Waals surface area (Å²) >= 11 is 5.99. The second kappa shape index (κ2) is 4.73. The molecule has 0 atom stereocenters. The summed E-state index contributed by atoms with van der Waals surface area (Å²) in [5.41, 5.74) is 9.04. The summed E-state index contributed by atoms with van der Waals surface area (Å²) in [6.07, 6.45) is 1.30. The molecule has 8 heteroatoms. The molecule has 4 N–H and O–H groups in total. The van der Waals surface area contributed by atoms with E-state index < -0.39 is 5.84 Å². The quantitative estimate of drug-likeness (QED) is 0.441. The van der Waals surface area contributed by atoms with Gasteiger partial charge in [0.1, 0.15) is 11.6 Å². The third kappa shape index (κ3) is 2.23. The van der Waals surface area contributed by atoms with Gasteiger partial charge in [-0.2, -0.15) is 10.4 Å². The molecule has 1 aromatic heterocycles. The first kappa shape index (κ1) is 11.9. The summed E-state index contributed by atoms with van der Waals surface area (Å²) in [6.45, 7) is 0. The van der Waals surface area contributed by atoms with Crippen molar-refractivity contribution in [1.29, 1.82) is 10.7 Å². The van der Waals surface area contributed by atoms with E-state index in [1.54, 1.807) is 18.2 Å². The standard InChI is InChI=1S/C10H7ClN6O/c11-5-1-7-9(18-4-15-7)2-6(5)16-17-8(3-12)10(13)14/h1-2,4,16H,(H3,13,14)/b17-8+. The molecule has 0 spiro atoms. The number of amidine groups is 1. The molecule has 0 aliphatic rings. The SMILES string of the molecule is N#C/C(=N\Nc1cc2ocnc2cc1Cl)C(=N)N. The number of oxazole rings is 1. The van der Waals surface area contributed by atoms with Crippen molar-refractivity contribution in [3.05, 3.63) is 23.5 Å². The lowest BCUT2D eigenvalue weighted by molar-refractivity contribution is 0.602. The first-order chi connectivity index (χ1) is 8.61. The Kier molecular flexibility index (Phi) is 3.12. The van der Waals surface area contributed by atoms with E-state index in [0.717, 1.165) is 0 Å². The summed E-state index contributed by atoms with van der Waals surface area (Å²) in [5, 5.41) is 19.8. The Morgan fingerprint density at radius 3 is 3.06 bits per heavy atom. The van der Waals surface area contributed by atoms with Gasteiger partial charge in [0.15, 0.2) is 17.8 Å². The van der Waals surface area contributed by atoms with Crippen molar-refractivity contribution in [1.82, 2.24) is 4.98 Å². The molecule has 1 heterocycles. The van der Waals surface area contributed by atoms with Crippen LogP contribution < -0.4 is 11.2 Å². The maximum Gasteiger partial charge on any atom is 0.201 e. The fourth-order valence-electron chi connectivity index (χ4n) is 1.23. The largest absolute Gasteiger partial charge is 0.443 e. The van der Waals surface area contributed by atoms with E-state index >= 15 is 0 Å². The average Bonchev–Trinajstić information content (AvgIpc) is 2.76. The number of nitrogens with two attached hydrogens (primary N) is 1. The molecule has 7 nitrogen and oxygen atoms in total. The highest BCUT2D eigenvalue weighted by Gasteiger charge is 2.07. The monoisotopic (exact) mass is 262 g/mol. The minimum Gasteiger partial charge on any atom is -0.443 e. The summed E-state index contributed by atoms with van der Waals surface area (Å²) in [7, 11) is 0. The van der Waals surface area contributed by atoms with E-state index in [1.807, 2.05) is 0 Å². The Hall–Kier alpha value is -2.59. The van der Waals surface area contributed by atoms with Crippen LogP contribution in [0.4, 0.5) is 5.69 Å². The molecule has 90 valence electrons. The Labute approximate surface area is 106 Å². The molecule has 0 radical (unpaired) electrons. The molecule has 0 unspecified atom stereocenters. The number of nitrogens with zero attached hydrogens (tertiary/aromatic N) is 3. The average molecular weight is 263 g/mol. The van der Waals surface area contributed by atoms with Crippen molar-refractivity contribution < 1.29 is 4.42 Å². The lowest BCUT2D eigenvalue weighted by atomic mass is 10.3. The van der Waals surface area contributed by atoms with E-state index in [4.69, 9.17) is 32.4 Å². The van der Waals surface area contributed by atoms with Gasteiger partial charge in [0.2, 0.25) is 5.71 Å². The smallest absolute Gasteiger partial charge is 0.201 e. The van der Waals surface area contributed by atoms with Gasteiger partial charge in [-0.3, -0.25) is 10.8 Å². The summed E-state index contributed by atoms with van der Waals surface area (Å²) in [5.74, 6) is -0.429. The number of hydrazone groups is 1. The Morgan fingerprint density at radius 2 is 2.39 bits per heavy atom. The van der Waals surface area contributed by atoms with Crippen molar-refractivity contribution >= 4 is 39.9 Å². The molecule has 0 aliphatic carbocycles. The zero-order chi connectivity index (χ0) is 13.1. The number of fused-ring (bicyclic) bond motifs is 1. The summed E-state index contributed by atoms with van der Waals surface area (Å²) in [6, 6.07) is 4.86. The van der Waals surface area contributed by atoms with Crippen LogP contribution in [0.5, 0.6) is 0 Å². The fourth-order valence-corrected chi connectivity index (χ4v) is 1.43. The van der Waals surface area contributed by atoms with Gasteiger partial charge < -0.3 is 10.2 Å². The maximum atomic E-state index is 8.68. The number of benzene rings is 1. The minimum absolute atomic E-state index is 0.233. The molecular weight excluding hydrogens is 256 g/mol. The van der Waals surface area contributed by atoms with Gasteiger partial charge in [0.05, 0.1) is 10.7 Å². The predicted octanol–water partition coefficient (Wildman–Crippen LogP) is 1.71. The second-order valence-electron chi connectivity index (χ2n) is 3.25. The highest BCUT2D eigenvalue weighted by molar-refractivity contribution is 6.46. The van der Waals surface area contributed by atoms with Crippen LogP contribution in [0.3, 0.4) is 0 Å². The lowest BCUT2D eigenvalue weighted by Gasteiger charge is -2.03. The van der Waals surface area contributed by atoms with Crippen LogP contribution >= 0.6 is 11.6 Å². The van der Waals surface area contributed by atoms with Crippen molar-refractivity contribution in [3.8, 4) is 6.07 Å². The second-order valence-corrected chi connectivity index (χ2v) is 3.66. The van der Waals surface area contributed by atoms with Crippen LogP contribution in [0.25, 0.3) is 11.1 Å². The van der Waals surface area contributed by atoms with Crippen LogP contribution in [0.1, 0.15) is 0 Å². The minimum atomic E-state index is -0.429. The highest BCUT2D eigenvalue weighted by atomic mass is 35.5. The van der Waals surface area contributed by atoms with Gasteiger partial charge in [-0.05, 0) is 6.07 Å². The van der Waals surface area contributed by atoms with Crippen molar-refractivity contribution in [2.24, 2.45) is 10.8 Å². The van der Waals surface area contributed by atoms with Gasteiger partial charge in [0.25, 0.3) is 0 Å². The van der Waals surface area contributed by atoms with E-state index in [-0.39, 0.29) is 5.71 Å². The molecule has 2 rings (SSSR count). The molecule has 18 heavy (non-hydrogen) atoms. The first-order valence-corrected chi connectivity index (χ1v) is 5.10. The molecule has 1 aromatic carbocycles. The number of hydrogen-bond donors (Lipinski definition) is 3. The van der Waals surface area contributed by atoms with Crippen molar-refractivity contribution in [2.45, 2.75) is 0 Å². The topological polar surface area (TPSA) is 124 Å². The Morgan fingerprint density at radius 1 is 1.61 bits per heavy atom. The maximum absolute atomic E-state index is 8.68. The van der Waals surface area contributed by atoms with E-state index in [2.05, 4.69) is 15.5 Å². The number of aromatic nitrogens is 1. The van der Waals surface area contributed by atoms with Gasteiger partial charge in [-0.15, -0.1) is 0 Å². The molecule has 0 bridgehead atoms. The number of anilines is 1. The van der Waals surface area contributed by atoms with Gasteiger partial charge in [-0.1, -0.05) is 11.6 Å². The third-order valence-electron chi connectivity index (χ3n) is 2.07. The normalized spacial score (nSPS) is 11.2. The molecule has 0 saturated carbocycles. The highest BCUT2D eigenvalue weighted by Crippen LogP contribution is 2.27. The zero-order valence-electron chi connectivity index (χ0n) is 8.94.